The van der Waals surface area contributed by atoms with E-state index in [4.69, 9.17) is 5.73 Å². The van der Waals surface area contributed by atoms with Crippen LogP contribution in [0.4, 0.5) is 0 Å². The van der Waals surface area contributed by atoms with E-state index in [2.05, 4.69) is 43.4 Å². The van der Waals surface area contributed by atoms with Gasteiger partial charge in [0.1, 0.15) is 0 Å². The molecule has 2 rings (SSSR count). The molecule has 1 aromatic rings. The molecule has 0 radical (unpaired) electrons. The summed E-state index contributed by atoms with van der Waals surface area (Å²) in [5.41, 5.74) is 7.72. The highest BCUT2D eigenvalue weighted by Crippen LogP contribution is 2.32. The Hall–Kier alpha value is -1.35. The van der Waals surface area contributed by atoms with E-state index < -0.39 is 5.54 Å². The Morgan fingerprint density at radius 3 is 2.33 bits per heavy atom. The van der Waals surface area contributed by atoms with Crippen molar-refractivity contribution in [2.45, 2.75) is 45.2 Å². The third-order valence-electron chi connectivity index (χ3n) is 3.36. The molecule has 1 aromatic carbocycles. The number of benzene rings is 1. The first kappa shape index (κ1) is 13.1. The lowest BCUT2D eigenvalue weighted by Gasteiger charge is -2.11. The maximum absolute atomic E-state index is 11.7. The topological polar surface area (TPSA) is 55.1 Å². The highest BCUT2D eigenvalue weighted by atomic mass is 16.2. The molecule has 98 valence electrons. The lowest BCUT2D eigenvalue weighted by atomic mass is 10.0. The molecule has 3 heteroatoms. The zero-order valence-electron chi connectivity index (χ0n) is 11.2. The molecule has 0 heterocycles. The molecule has 0 aliphatic heterocycles. The van der Waals surface area contributed by atoms with Gasteiger partial charge in [0.2, 0.25) is 5.91 Å². The van der Waals surface area contributed by atoms with Gasteiger partial charge in [0.25, 0.3) is 0 Å². The number of hydrogen-bond donors (Lipinski definition) is 2. The summed E-state index contributed by atoms with van der Waals surface area (Å²) in [5.74, 6) is 0.649. The van der Waals surface area contributed by atoms with Crippen molar-refractivity contribution in [3.05, 3.63) is 35.4 Å². The number of carbonyl (C=O) groups is 1. The maximum Gasteiger partial charge on any atom is 0.240 e. The average molecular weight is 246 g/mol. The molecule has 18 heavy (non-hydrogen) atoms. The zero-order valence-corrected chi connectivity index (χ0v) is 11.2. The summed E-state index contributed by atoms with van der Waals surface area (Å²) in [6.45, 7) is 4.99. The minimum absolute atomic E-state index is 0.0197. The van der Waals surface area contributed by atoms with Gasteiger partial charge in [0, 0.05) is 6.54 Å². The third-order valence-corrected chi connectivity index (χ3v) is 3.36. The second-order valence-corrected chi connectivity index (χ2v) is 5.75. The summed E-state index contributed by atoms with van der Waals surface area (Å²) in [6.07, 6.45) is 2.72. The molecule has 1 amide bonds. The van der Waals surface area contributed by atoms with Crippen molar-refractivity contribution < 1.29 is 4.79 Å². The predicted molar refractivity (Wildman–Crippen MR) is 73.0 cm³/mol. The summed E-state index contributed by atoms with van der Waals surface area (Å²) in [4.78, 5) is 11.7. The number of hydrogen-bond acceptors (Lipinski definition) is 2. The van der Waals surface area contributed by atoms with E-state index in [9.17, 15) is 4.79 Å². The zero-order chi connectivity index (χ0) is 13.2. The summed E-state index contributed by atoms with van der Waals surface area (Å²) in [6, 6.07) is 8.43. The molecule has 1 saturated carbocycles. The van der Waals surface area contributed by atoms with Crippen molar-refractivity contribution in [2.24, 2.45) is 11.7 Å². The molecule has 1 aliphatic carbocycles. The quantitative estimate of drug-likeness (QED) is 0.835. The van der Waals surface area contributed by atoms with Crippen LogP contribution in [0.2, 0.25) is 0 Å². The van der Waals surface area contributed by atoms with E-state index in [-0.39, 0.29) is 5.91 Å². The fourth-order valence-corrected chi connectivity index (χ4v) is 1.98. The smallest absolute Gasteiger partial charge is 0.240 e. The van der Waals surface area contributed by atoms with E-state index in [1.807, 2.05) is 0 Å². The van der Waals surface area contributed by atoms with Crippen molar-refractivity contribution >= 4 is 5.91 Å². The molecule has 1 fully saturated rings. The molecular formula is C15H22N2O. The largest absolute Gasteiger partial charge is 0.350 e. The maximum atomic E-state index is 11.7. The summed E-state index contributed by atoms with van der Waals surface area (Å²) < 4.78 is 0. The van der Waals surface area contributed by atoms with Gasteiger partial charge in [-0.2, -0.15) is 0 Å². The summed E-state index contributed by atoms with van der Waals surface area (Å²) in [7, 11) is 0. The van der Waals surface area contributed by atoms with Gasteiger partial charge in [-0.25, -0.2) is 0 Å². The standard InChI is InChI=1S/C15H22N2O/c1-11(2)9-12-3-5-13(6-4-12)10-17-14(18)15(16)7-8-15/h3-6,11H,7-10,16H2,1-2H3,(H,17,18). The van der Waals surface area contributed by atoms with Crippen molar-refractivity contribution in [3.63, 3.8) is 0 Å². The molecule has 0 bridgehead atoms. The molecule has 0 unspecified atom stereocenters. The van der Waals surface area contributed by atoms with Crippen molar-refractivity contribution in [3.8, 4) is 0 Å². The Kier molecular flexibility index (Phi) is 3.71. The minimum atomic E-state index is -0.572. The highest BCUT2D eigenvalue weighted by Gasteiger charge is 2.45. The van der Waals surface area contributed by atoms with Gasteiger partial charge >= 0.3 is 0 Å². The Bertz CT molecular complexity index is 419. The third kappa shape index (κ3) is 3.33. The van der Waals surface area contributed by atoms with E-state index in [1.165, 1.54) is 5.56 Å². The SMILES string of the molecule is CC(C)Cc1ccc(CNC(=O)C2(N)CC2)cc1. The molecular weight excluding hydrogens is 224 g/mol. The lowest BCUT2D eigenvalue weighted by Crippen LogP contribution is -2.42. The first-order valence-electron chi connectivity index (χ1n) is 6.64. The Labute approximate surface area is 109 Å². The molecule has 0 aromatic heterocycles. The lowest BCUT2D eigenvalue weighted by molar-refractivity contribution is -0.123. The van der Waals surface area contributed by atoms with Crippen molar-refractivity contribution in [2.75, 3.05) is 0 Å². The number of amides is 1. The van der Waals surface area contributed by atoms with Gasteiger partial charge < -0.3 is 11.1 Å². The second kappa shape index (κ2) is 5.11. The molecule has 0 spiro atoms. The minimum Gasteiger partial charge on any atom is -0.350 e. The van der Waals surface area contributed by atoms with E-state index in [0.29, 0.717) is 12.5 Å². The van der Waals surface area contributed by atoms with Crippen LogP contribution in [-0.4, -0.2) is 11.4 Å². The molecule has 1 aliphatic rings. The van der Waals surface area contributed by atoms with Gasteiger partial charge in [0.15, 0.2) is 0 Å². The van der Waals surface area contributed by atoms with Crippen LogP contribution in [0.3, 0.4) is 0 Å². The first-order chi connectivity index (χ1) is 8.49. The Morgan fingerprint density at radius 1 is 1.28 bits per heavy atom. The number of carbonyl (C=O) groups excluding carboxylic acids is 1. The molecule has 0 saturated heterocycles. The van der Waals surface area contributed by atoms with Crippen LogP contribution in [0.1, 0.15) is 37.8 Å². The Balaban J connectivity index is 1.84. The predicted octanol–water partition coefficient (Wildman–Crippen LogP) is 1.99. The Morgan fingerprint density at radius 2 is 1.83 bits per heavy atom. The van der Waals surface area contributed by atoms with Crippen LogP contribution in [0.15, 0.2) is 24.3 Å². The van der Waals surface area contributed by atoms with Crippen LogP contribution in [0.25, 0.3) is 0 Å². The number of rotatable bonds is 5. The van der Waals surface area contributed by atoms with Crippen molar-refractivity contribution in [1.29, 1.82) is 0 Å². The average Bonchev–Trinajstić information content (AvgIpc) is 3.07. The normalized spacial score (nSPS) is 16.7. The number of nitrogens with one attached hydrogen (secondary N) is 1. The van der Waals surface area contributed by atoms with Crippen LogP contribution in [0, 0.1) is 5.92 Å². The van der Waals surface area contributed by atoms with Crippen LogP contribution in [0.5, 0.6) is 0 Å². The summed E-state index contributed by atoms with van der Waals surface area (Å²) >= 11 is 0. The molecule has 3 nitrogen and oxygen atoms in total. The van der Waals surface area contributed by atoms with Crippen molar-refractivity contribution in [1.82, 2.24) is 5.32 Å². The molecule has 0 atom stereocenters. The van der Waals surface area contributed by atoms with Gasteiger partial charge in [-0.15, -0.1) is 0 Å². The second-order valence-electron chi connectivity index (χ2n) is 5.75. The van der Waals surface area contributed by atoms with E-state index in [1.54, 1.807) is 0 Å². The van der Waals surface area contributed by atoms with E-state index >= 15 is 0 Å². The fraction of sp³-hybridized carbons (Fsp3) is 0.533. The highest BCUT2D eigenvalue weighted by molar-refractivity contribution is 5.88. The van der Waals surface area contributed by atoms with Crippen LogP contribution in [-0.2, 0) is 17.8 Å². The summed E-state index contributed by atoms with van der Waals surface area (Å²) in [5, 5.41) is 2.90. The van der Waals surface area contributed by atoms with Gasteiger partial charge in [-0.3, -0.25) is 4.79 Å². The number of nitrogens with two attached hydrogens (primary N) is 1. The van der Waals surface area contributed by atoms with E-state index in [0.717, 1.165) is 24.8 Å². The molecule has 3 N–H and O–H groups in total. The first-order valence-corrected chi connectivity index (χ1v) is 6.64. The monoisotopic (exact) mass is 246 g/mol. The van der Waals surface area contributed by atoms with Gasteiger partial charge in [-0.1, -0.05) is 38.1 Å². The fourth-order valence-electron chi connectivity index (χ4n) is 1.98. The van der Waals surface area contributed by atoms with Gasteiger partial charge in [0.05, 0.1) is 5.54 Å². The van der Waals surface area contributed by atoms with Crippen LogP contribution >= 0.6 is 0 Å². The van der Waals surface area contributed by atoms with Crippen LogP contribution < -0.4 is 11.1 Å². The van der Waals surface area contributed by atoms with Gasteiger partial charge in [-0.05, 0) is 36.3 Å².